The van der Waals surface area contributed by atoms with Crippen molar-refractivity contribution in [3.63, 3.8) is 0 Å². The van der Waals surface area contributed by atoms with Gasteiger partial charge in [-0.1, -0.05) is 12.1 Å². The van der Waals surface area contributed by atoms with E-state index in [4.69, 9.17) is 0 Å². The van der Waals surface area contributed by atoms with Crippen LogP contribution in [0.2, 0.25) is 0 Å². The summed E-state index contributed by atoms with van der Waals surface area (Å²) in [4.78, 5) is 1.48. The molecule has 0 aliphatic carbocycles. The fraction of sp³-hybridized carbons (Fsp3) is 0.500. The second-order valence-corrected chi connectivity index (χ2v) is 6.19. The van der Waals surface area contributed by atoms with Crippen LogP contribution in [-0.4, -0.2) is 41.6 Å². The number of halogens is 3. The largest absolute Gasteiger partial charge is 0.401 e. The minimum absolute atomic E-state index is 0.258. The van der Waals surface area contributed by atoms with Gasteiger partial charge in [-0.2, -0.15) is 17.5 Å². The van der Waals surface area contributed by atoms with Gasteiger partial charge in [0.15, 0.2) is 0 Å². The van der Waals surface area contributed by atoms with Crippen LogP contribution in [0.25, 0.3) is 10.9 Å². The lowest BCUT2D eigenvalue weighted by atomic mass is 10.1. The highest BCUT2D eigenvalue weighted by Crippen LogP contribution is 2.28. The van der Waals surface area contributed by atoms with Crippen LogP contribution in [0.15, 0.2) is 24.3 Å². The lowest BCUT2D eigenvalue weighted by Crippen LogP contribution is -2.33. The number of benzene rings is 1. The van der Waals surface area contributed by atoms with Crippen LogP contribution in [0.1, 0.15) is 6.42 Å². The Labute approximate surface area is 124 Å². The van der Waals surface area contributed by atoms with Crippen molar-refractivity contribution in [1.82, 2.24) is 9.27 Å². The highest BCUT2D eigenvalue weighted by atomic mass is 32.1. The van der Waals surface area contributed by atoms with E-state index >= 15 is 0 Å². The van der Waals surface area contributed by atoms with Crippen LogP contribution in [0.3, 0.4) is 0 Å². The highest BCUT2D eigenvalue weighted by Gasteiger charge is 2.34. The van der Waals surface area contributed by atoms with E-state index in [0.717, 1.165) is 22.3 Å². The molecule has 2 heterocycles. The molecule has 0 radical (unpaired) electrons. The molecule has 7 heteroatoms. The van der Waals surface area contributed by atoms with Gasteiger partial charge in [0.1, 0.15) is 5.00 Å². The minimum Gasteiger partial charge on any atom is -0.375 e. The zero-order chi connectivity index (χ0) is 14.9. The molecule has 1 saturated heterocycles. The number of rotatable bonds is 4. The number of nitrogens with one attached hydrogen (secondary N) is 1. The molecule has 0 bridgehead atoms. The summed E-state index contributed by atoms with van der Waals surface area (Å²) in [6.45, 7) is 0.923. The first-order valence-electron chi connectivity index (χ1n) is 6.89. The molecule has 1 fully saturated rings. The standard InChI is InChI=1S/C14H16F3N3S/c15-14(16,17)9-20-6-5-10(8-20)7-18-13-11-3-1-2-4-12(11)19-21-13/h1-4,10,18H,5-9H2. The number of hydrogen-bond donors (Lipinski definition) is 1. The van der Waals surface area contributed by atoms with Crippen LogP contribution in [-0.2, 0) is 0 Å². The molecule has 0 amide bonds. The van der Waals surface area contributed by atoms with Gasteiger partial charge in [-0.05, 0) is 42.5 Å². The number of nitrogens with zero attached hydrogens (tertiary/aromatic N) is 2. The van der Waals surface area contributed by atoms with Crippen molar-refractivity contribution in [2.24, 2.45) is 5.92 Å². The molecule has 1 aromatic heterocycles. The third-order valence-corrected chi connectivity index (χ3v) is 4.54. The fourth-order valence-electron chi connectivity index (χ4n) is 2.73. The Bertz CT molecular complexity index is 611. The first kappa shape index (κ1) is 14.6. The average molecular weight is 315 g/mol. The van der Waals surface area contributed by atoms with Crippen molar-refractivity contribution in [3.05, 3.63) is 24.3 Å². The minimum atomic E-state index is -4.10. The Hall–Kier alpha value is -1.34. The van der Waals surface area contributed by atoms with E-state index in [9.17, 15) is 13.2 Å². The summed E-state index contributed by atoms with van der Waals surface area (Å²) in [5, 5.41) is 5.42. The Morgan fingerprint density at radius 1 is 1.33 bits per heavy atom. The van der Waals surface area contributed by atoms with Gasteiger partial charge in [-0.3, -0.25) is 4.90 Å². The third-order valence-electron chi connectivity index (χ3n) is 3.71. The summed E-state index contributed by atoms with van der Waals surface area (Å²) in [5.41, 5.74) is 0.954. The highest BCUT2D eigenvalue weighted by molar-refractivity contribution is 7.11. The van der Waals surface area contributed by atoms with Crippen molar-refractivity contribution in [3.8, 4) is 0 Å². The topological polar surface area (TPSA) is 28.2 Å². The van der Waals surface area contributed by atoms with Gasteiger partial charge in [-0.15, -0.1) is 0 Å². The van der Waals surface area contributed by atoms with Crippen LogP contribution in [0, 0.1) is 5.92 Å². The predicted octanol–water partition coefficient (Wildman–Crippen LogP) is 3.59. The van der Waals surface area contributed by atoms with Crippen molar-refractivity contribution >= 4 is 27.4 Å². The predicted molar refractivity (Wildman–Crippen MR) is 78.7 cm³/mol. The fourth-order valence-corrected chi connectivity index (χ4v) is 3.50. The summed E-state index contributed by atoms with van der Waals surface area (Å²) < 4.78 is 41.4. The molecule has 114 valence electrons. The first-order chi connectivity index (χ1) is 10.0. The molecule has 21 heavy (non-hydrogen) atoms. The van der Waals surface area contributed by atoms with Crippen molar-refractivity contribution < 1.29 is 13.2 Å². The monoisotopic (exact) mass is 315 g/mol. The molecule has 1 atom stereocenters. The Kier molecular flexibility index (Phi) is 4.03. The molecule has 1 N–H and O–H groups in total. The molecule has 3 rings (SSSR count). The number of fused-ring (bicyclic) bond motifs is 1. The molecule has 1 aromatic carbocycles. The average Bonchev–Trinajstić information content (AvgIpc) is 3.01. The van der Waals surface area contributed by atoms with Crippen LogP contribution < -0.4 is 5.32 Å². The first-order valence-corrected chi connectivity index (χ1v) is 7.66. The molecule has 2 aromatic rings. The molecular formula is C14H16F3N3S. The quantitative estimate of drug-likeness (QED) is 0.934. The SMILES string of the molecule is FC(F)(F)CN1CCC(CNc2snc3ccccc23)C1. The van der Waals surface area contributed by atoms with Crippen LogP contribution >= 0.6 is 11.5 Å². The molecule has 1 aliphatic heterocycles. The lowest BCUT2D eigenvalue weighted by Gasteiger charge is -2.18. The summed E-state index contributed by atoms with van der Waals surface area (Å²) in [6.07, 6.45) is -3.30. The molecule has 0 saturated carbocycles. The molecule has 1 unspecified atom stereocenters. The van der Waals surface area contributed by atoms with Gasteiger partial charge in [-0.25, -0.2) is 0 Å². The maximum Gasteiger partial charge on any atom is 0.401 e. The summed E-state index contributed by atoms with van der Waals surface area (Å²) in [7, 11) is 0. The maximum absolute atomic E-state index is 12.4. The van der Waals surface area contributed by atoms with E-state index in [1.807, 2.05) is 24.3 Å². The number of aromatic nitrogens is 1. The van der Waals surface area contributed by atoms with Gasteiger partial charge in [0.2, 0.25) is 0 Å². The summed E-state index contributed by atoms with van der Waals surface area (Å²) in [6, 6.07) is 7.86. The van der Waals surface area contributed by atoms with Gasteiger partial charge in [0, 0.05) is 18.5 Å². The van der Waals surface area contributed by atoms with E-state index in [-0.39, 0.29) is 5.92 Å². The van der Waals surface area contributed by atoms with Gasteiger partial charge in [0.25, 0.3) is 0 Å². The molecule has 0 spiro atoms. The number of likely N-dealkylation sites (tertiary alicyclic amines) is 1. The Morgan fingerprint density at radius 3 is 2.95 bits per heavy atom. The van der Waals surface area contributed by atoms with Crippen LogP contribution in [0.4, 0.5) is 18.2 Å². The second kappa shape index (κ2) is 5.81. The molecule has 3 nitrogen and oxygen atoms in total. The second-order valence-electron chi connectivity index (χ2n) is 5.41. The van der Waals surface area contributed by atoms with E-state index in [1.54, 1.807) is 0 Å². The van der Waals surface area contributed by atoms with Crippen molar-refractivity contribution in [2.75, 3.05) is 31.5 Å². The van der Waals surface area contributed by atoms with Gasteiger partial charge < -0.3 is 5.32 Å². The Balaban J connectivity index is 1.54. The smallest absolute Gasteiger partial charge is 0.375 e. The van der Waals surface area contributed by atoms with E-state index in [0.29, 0.717) is 19.6 Å². The number of anilines is 1. The zero-order valence-electron chi connectivity index (χ0n) is 11.4. The summed E-state index contributed by atoms with van der Waals surface area (Å²) in [5.74, 6) is 0.258. The van der Waals surface area contributed by atoms with Gasteiger partial charge >= 0.3 is 6.18 Å². The molecule has 1 aliphatic rings. The molecular weight excluding hydrogens is 299 g/mol. The summed E-state index contributed by atoms with van der Waals surface area (Å²) >= 11 is 1.40. The van der Waals surface area contributed by atoms with E-state index in [1.165, 1.54) is 16.4 Å². The van der Waals surface area contributed by atoms with Crippen molar-refractivity contribution in [2.45, 2.75) is 12.6 Å². The van der Waals surface area contributed by atoms with E-state index < -0.39 is 12.7 Å². The normalized spacial score (nSPS) is 20.2. The number of alkyl halides is 3. The van der Waals surface area contributed by atoms with Crippen LogP contribution in [0.5, 0.6) is 0 Å². The Morgan fingerprint density at radius 2 is 2.14 bits per heavy atom. The maximum atomic E-state index is 12.4. The van der Waals surface area contributed by atoms with Gasteiger partial charge in [0.05, 0.1) is 12.1 Å². The number of hydrogen-bond acceptors (Lipinski definition) is 4. The zero-order valence-corrected chi connectivity index (χ0v) is 12.2. The van der Waals surface area contributed by atoms with Crippen molar-refractivity contribution in [1.29, 1.82) is 0 Å². The third kappa shape index (κ3) is 3.65. The van der Waals surface area contributed by atoms with E-state index in [2.05, 4.69) is 9.69 Å². The lowest BCUT2D eigenvalue weighted by molar-refractivity contribution is -0.143.